The highest BCUT2D eigenvalue weighted by Gasteiger charge is 2.16. The zero-order valence-corrected chi connectivity index (χ0v) is 15.0. The predicted octanol–water partition coefficient (Wildman–Crippen LogP) is 2.02. The molecular weight excluding hydrogens is 352 g/mol. The molecule has 3 heterocycles. The number of fused-ring (bicyclic) bond motifs is 1. The van der Waals surface area contributed by atoms with Gasteiger partial charge in [0.2, 0.25) is 0 Å². The molecule has 0 atom stereocenters. The number of amides is 1. The van der Waals surface area contributed by atoms with Crippen molar-refractivity contribution in [1.82, 2.24) is 29.9 Å². The Morgan fingerprint density at radius 1 is 1.35 bits per heavy atom. The molecule has 0 unspecified atom stereocenters. The van der Waals surface area contributed by atoms with E-state index in [-0.39, 0.29) is 12.5 Å². The molecule has 0 bridgehead atoms. The molecule has 1 amide bonds. The molecule has 0 aliphatic heterocycles. The van der Waals surface area contributed by atoms with Crippen molar-refractivity contribution in [1.29, 1.82) is 0 Å². The van der Waals surface area contributed by atoms with Gasteiger partial charge >= 0.3 is 5.69 Å². The molecule has 4 aromatic rings. The van der Waals surface area contributed by atoms with E-state index in [1.807, 2.05) is 20.0 Å². The number of benzene rings is 1. The third-order valence-electron chi connectivity index (χ3n) is 4.08. The van der Waals surface area contributed by atoms with Crippen LogP contribution in [0.2, 0.25) is 0 Å². The quantitative estimate of drug-likeness (QED) is 0.512. The summed E-state index contributed by atoms with van der Waals surface area (Å²) in [6.07, 6.45) is 1.87. The SMILES string of the molecule is Cc1ccc(C)c(-c2cn3c(C(=O)NCc4n[nH]c(=O)[nH]4)csc3n2)c1. The Morgan fingerprint density at radius 3 is 2.96 bits per heavy atom. The van der Waals surface area contributed by atoms with Gasteiger partial charge in [0, 0.05) is 17.1 Å². The van der Waals surface area contributed by atoms with E-state index in [0.29, 0.717) is 11.5 Å². The van der Waals surface area contributed by atoms with Crippen molar-refractivity contribution in [3.63, 3.8) is 0 Å². The van der Waals surface area contributed by atoms with Crippen molar-refractivity contribution in [2.45, 2.75) is 20.4 Å². The van der Waals surface area contributed by atoms with E-state index in [0.717, 1.165) is 27.3 Å². The molecule has 0 saturated heterocycles. The second-order valence-electron chi connectivity index (χ2n) is 6.03. The van der Waals surface area contributed by atoms with E-state index >= 15 is 0 Å². The highest BCUT2D eigenvalue weighted by molar-refractivity contribution is 7.15. The van der Waals surface area contributed by atoms with Crippen LogP contribution in [0.5, 0.6) is 0 Å². The van der Waals surface area contributed by atoms with Gasteiger partial charge in [-0.3, -0.25) is 14.2 Å². The maximum Gasteiger partial charge on any atom is 0.340 e. The van der Waals surface area contributed by atoms with Gasteiger partial charge in [-0.05, 0) is 25.5 Å². The summed E-state index contributed by atoms with van der Waals surface area (Å²) in [6, 6.07) is 6.22. The molecule has 4 rings (SSSR count). The van der Waals surface area contributed by atoms with Crippen LogP contribution in [0.4, 0.5) is 0 Å². The molecule has 8 nitrogen and oxygen atoms in total. The number of H-pyrrole nitrogens is 2. The van der Waals surface area contributed by atoms with Crippen LogP contribution in [0.3, 0.4) is 0 Å². The Labute approximate surface area is 151 Å². The minimum atomic E-state index is -0.403. The van der Waals surface area contributed by atoms with Gasteiger partial charge in [0.05, 0.1) is 12.2 Å². The van der Waals surface area contributed by atoms with E-state index in [2.05, 4.69) is 43.7 Å². The Balaban J connectivity index is 1.62. The molecule has 3 aromatic heterocycles. The van der Waals surface area contributed by atoms with E-state index < -0.39 is 5.69 Å². The van der Waals surface area contributed by atoms with Crippen molar-refractivity contribution >= 4 is 22.2 Å². The molecule has 0 aliphatic carbocycles. The Morgan fingerprint density at radius 2 is 2.19 bits per heavy atom. The number of carbonyl (C=O) groups excluding carboxylic acids is 1. The molecule has 1 aromatic carbocycles. The first-order chi connectivity index (χ1) is 12.5. The minimum Gasteiger partial charge on any atom is -0.343 e. The summed E-state index contributed by atoms with van der Waals surface area (Å²) in [6.45, 7) is 4.22. The number of aromatic nitrogens is 5. The average Bonchev–Trinajstić information content (AvgIpc) is 3.30. The first-order valence-electron chi connectivity index (χ1n) is 7.97. The summed E-state index contributed by atoms with van der Waals surface area (Å²) in [5, 5.41) is 10.5. The lowest BCUT2D eigenvalue weighted by molar-refractivity contribution is 0.0944. The van der Waals surface area contributed by atoms with Crippen molar-refractivity contribution in [2.75, 3.05) is 0 Å². The highest BCUT2D eigenvalue weighted by atomic mass is 32.1. The van der Waals surface area contributed by atoms with Crippen LogP contribution in [-0.4, -0.2) is 30.5 Å². The molecule has 0 radical (unpaired) electrons. The lowest BCUT2D eigenvalue weighted by atomic mass is 10.0. The maximum atomic E-state index is 12.5. The summed E-state index contributed by atoms with van der Waals surface area (Å²) in [7, 11) is 0. The molecule has 0 aliphatic rings. The number of imidazole rings is 1. The summed E-state index contributed by atoms with van der Waals surface area (Å²) in [5.41, 5.74) is 4.28. The number of thiazole rings is 1. The molecular formula is C17H16N6O2S. The van der Waals surface area contributed by atoms with Gasteiger partial charge in [-0.15, -0.1) is 11.3 Å². The van der Waals surface area contributed by atoms with Gasteiger partial charge in [0.25, 0.3) is 5.91 Å². The van der Waals surface area contributed by atoms with Crippen molar-refractivity contribution in [2.24, 2.45) is 0 Å². The van der Waals surface area contributed by atoms with Gasteiger partial charge in [-0.25, -0.2) is 14.9 Å². The van der Waals surface area contributed by atoms with Gasteiger partial charge in [-0.1, -0.05) is 17.7 Å². The van der Waals surface area contributed by atoms with Gasteiger partial charge < -0.3 is 5.32 Å². The van der Waals surface area contributed by atoms with Crippen LogP contribution in [0.25, 0.3) is 16.2 Å². The summed E-state index contributed by atoms with van der Waals surface area (Å²) >= 11 is 1.41. The van der Waals surface area contributed by atoms with Crippen LogP contribution >= 0.6 is 11.3 Å². The second-order valence-corrected chi connectivity index (χ2v) is 6.86. The number of rotatable bonds is 4. The highest BCUT2D eigenvalue weighted by Crippen LogP contribution is 2.27. The molecule has 0 spiro atoms. The van der Waals surface area contributed by atoms with Gasteiger partial charge in [0.15, 0.2) is 4.96 Å². The summed E-state index contributed by atoms with van der Waals surface area (Å²) in [4.78, 5) is 31.4. The minimum absolute atomic E-state index is 0.132. The number of hydrogen-bond donors (Lipinski definition) is 3. The molecule has 132 valence electrons. The van der Waals surface area contributed by atoms with E-state index in [4.69, 9.17) is 0 Å². The molecule has 9 heteroatoms. The van der Waals surface area contributed by atoms with E-state index in [1.54, 1.807) is 9.78 Å². The number of nitrogens with zero attached hydrogens (tertiary/aromatic N) is 3. The Hall–Kier alpha value is -3.20. The number of aromatic amines is 2. The summed E-state index contributed by atoms with van der Waals surface area (Å²) in [5.74, 6) is 0.113. The second kappa shape index (κ2) is 6.26. The number of nitrogens with one attached hydrogen (secondary N) is 3. The Kier molecular flexibility index (Phi) is 3.92. The number of carbonyl (C=O) groups is 1. The topological polar surface area (TPSA) is 108 Å². The van der Waals surface area contributed by atoms with Gasteiger partial charge in [-0.2, -0.15) is 5.10 Å². The fourth-order valence-electron chi connectivity index (χ4n) is 2.73. The van der Waals surface area contributed by atoms with Crippen LogP contribution in [0, 0.1) is 13.8 Å². The standard InChI is InChI=1S/C17H16N6O2S/c1-9-3-4-10(2)11(5-9)12-7-23-13(8-26-17(23)19-12)15(24)18-6-14-20-16(25)22-21-14/h3-5,7-8H,6H2,1-2H3,(H,18,24)(H2,20,21,22,25). The fraction of sp³-hybridized carbons (Fsp3) is 0.176. The normalized spacial score (nSPS) is 11.2. The zero-order valence-electron chi connectivity index (χ0n) is 14.2. The van der Waals surface area contributed by atoms with Crippen molar-refractivity contribution < 1.29 is 4.79 Å². The van der Waals surface area contributed by atoms with Gasteiger partial charge in [0.1, 0.15) is 11.5 Å². The largest absolute Gasteiger partial charge is 0.343 e. The molecule has 0 fully saturated rings. The molecule has 26 heavy (non-hydrogen) atoms. The smallest absolute Gasteiger partial charge is 0.340 e. The first kappa shape index (κ1) is 16.3. The maximum absolute atomic E-state index is 12.5. The van der Waals surface area contributed by atoms with Crippen LogP contribution in [0.15, 0.2) is 34.6 Å². The Bertz CT molecular complexity index is 1170. The van der Waals surface area contributed by atoms with Crippen LogP contribution in [-0.2, 0) is 6.54 Å². The fourth-order valence-corrected chi connectivity index (χ4v) is 3.59. The van der Waals surface area contributed by atoms with Crippen molar-refractivity contribution in [3.8, 4) is 11.3 Å². The predicted molar refractivity (Wildman–Crippen MR) is 98.4 cm³/mol. The number of hydrogen-bond acceptors (Lipinski definition) is 5. The average molecular weight is 368 g/mol. The third kappa shape index (κ3) is 2.93. The zero-order chi connectivity index (χ0) is 18.3. The molecule has 0 saturated carbocycles. The van der Waals surface area contributed by atoms with E-state index in [9.17, 15) is 9.59 Å². The van der Waals surface area contributed by atoms with Crippen molar-refractivity contribution in [3.05, 3.63) is 62.9 Å². The summed E-state index contributed by atoms with van der Waals surface area (Å²) < 4.78 is 1.78. The monoisotopic (exact) mass is 368 g/mol. The number of aryl methyl sites for hydroxylation is 2. The molecule has 3 N–H and O–H groups in total. The van der Waals surface area contributed by atoms with Crippen LogP contribution < -0.4 is 11.0 Å². The first-order valence-corrected chi connectivity index (χ1v) is 8.85. The lowest BCUT2D eigenvalue weighted by Gasteiger charge is -2.04. The third-order valence-corrected chi connectivity index (χ3v) is 4.92. The van der Waals surface area contributed by atoms with E-state index in [1.165, 1.54) is 11.3 Å². The van der Waals surface area contributed by atoms with Crippen LogP contribution in [0.1, 0.15) is 27.4 Å². The lowest BCUT2D eigenvalue weighted by Crippen LogP contribution is -2.24.